The number of carbonyl (C=O) groups excluding carboxylic acids is 1. The molecule has 5 atom stereocenters. The largest absolute Gasteiger partial charge is 0.459 e. The van der Waals surface area contributed by atoms with Crippen LogP contribution in [0.1, 0.15) is 74.1 Å². The van der Waals surface area contributed by atoms with Crippen LogP contribution in [0.5, 0.6) is 0 Å². The van der Waals surface area contributed by atoms with Crippen molar-refractivity contribution in [3.63, 3.8) is 0 Å². The van der Waals surface area contributed by atoms with Crippen LogP contribution in [0, 0.1) is 23.7 Å². The van der Waals surface area contributed by atoms with E-state index in [0.29, 0.717) is 17.3 Å². The van der Waals surface area contributed by atoms with Gasteiger partial charge in [0.05, 0.1) is 0 Å². The highest BCUT2D eigenvalue weighted by Crippen LogP contribution is 2.36. The Balaban J connectivity index is 2.55. The molecule has 0 saturated carbocycles. The minimum Gasteiger partial charge on any atom is -0.459 e. The van der Waals surface area contributed by atoms with Crippen molar-refractivity contribution in [2.24, 2.45) is 23.7 Å². The maximum absolute atomic E-state index is 11.9. The average Bonchev–Trinajstić information content (AvgIpc) is 2.61. The molecule has 0 aromatic rings. The fraction of sp³-hybridized carbons (Fsp3) is 0.842. The first-order valence-corrected chi connectivity index (χ1v) is 8.75. The van der Waals surface area contributed by atoms with Gasteiger partial charge < -0.3 is 9.84 Å². The van der Waals surface area contributed by atoms with Crippen LogP contribution in [0.3, 0.4) is 0 Å². The molecule has 3 heteroatoms. The van der Waals surface area contributed by atoms with Gasteiger partial charge in [-0.25, -0.2) is 0 Å². The summed E-state index contributed by atoms with van der Waals surface area (Å²) in [5.74, 6) is 0.976. The Labute approximate surface area is 136 Å². The summed E-state index contributed by atoms with van der Waals surface area (Å²) in [7, 11) is 0. The van der Waals surface area contributed by atoms with Crippen LogP contribution in [0.25, 0.3) is 0 Å². The van der Waals surface area contributed by atoms with Gasteiger partial charge in [-0.05, 0) is 43.9 Å². The Morgan fingerprint density at radius 1 is 1.05 bits per heavy atom. The second-order valence-electron chi connectivity index (χ2n) is 7.74. The molecule has 3 nitrogen and oxygen atoms in total. The Morgan fingerprint density at radius 3 is 2.00 bits per heavy atom. The van der Waals surface area contributed by atoms with Gasteiger partial charge in [-0.15, -0.1) is 0 Å². The van der Waals surface area contributed by atoms with Crippen LogP contribution < -0.4 is 0 Å². The molecule has 1 aliphatic rings. The molecule has 0 spiro atoms. The van der Waals surface area contributed by atoms with E-state index in [2.05, 4.69) is 34.6 Å². The third kappa shape index (κ3) is 4.84. The Morgan fingerprint density at radius 2 is 1.55 bits per heavy atom. The molecule has 0 aromatic heterocycles. The standard InChI is InChI=1S/C19H34O3/c1-8-12(2)9-13(3)10-14(4)11-15(5)17-16(6)18(20)19(7,21)22-17/h12-15,21H,8-11H2,1-7H3/t12-,13-,14+,15+,19+/m1/s1. The second kappa shape index (κ2) is 7.63. The summed E-state index contributed by atoms with van der Waals surface area (Å²) in [6, 6.07) is 0. The second-order valence-corrected chi connectivity index (χ2v) is 7.74. The van der Waals surface area contributed by atoms with Crippen molar-refractivity contribution in [3.05, 3.63) is 11.3 Å². The lowest BCUT2D eigenvalue weighted by molar-refractivity contribution is -0.172. The lowest BCUT2D eigenvalue weighted by Crippen LogP contribution is -2.33. The molecular formula is C19H34O3. The number of rotatable bonds is 8. The molecule has 1 heterocycles. The predicted octanol–water partition coefficient (Wildman–Crippen LogP) is 4.69. The van der Waals surface area contributed by atoms with Gasteiger partial charge in [0.15, 0.2) is 0 Å². The Bertz CT molecular complexity index is 422. The number of carbonyl (C=O) groups is 1. The van der Waals surface area contributed by atoms with Crippen LogP contribution in [-0.4, -0.2) is 16.7 Å². The van der Waals surface area contributed by atoms with Crippen LogP contribution >= 0.6 is 0 Å². The first kappa shape index (κ1) is 19.2. The fourth-order valence-electron chi connectivity index (χ4n) is 3.71. The first-order valence-electron chi connectivity index (χ1n) is 8.75. The van der Waals surface area contributed by atoms with E-state index in [1.807, 2.05) is 0 Å². The monoisotopic (exact) mass is 310 g/mol. The molecular weight excluding hydrogens is 276 g/mol. The van der Waals surface area contributed by atoms with Gasteiger partial charge in [-0.1, -0.05) is 41.0 Å². The normalized spacial score (nSPS) is 27.5. The van der Waals surface area contributed by atoms with E-state index in [9.17, 15) is 9.90 Å². The van der Waals surface area contributed by atoms with Crippen LogP contribution in [0.4, 0.5) is 0 Å². The molecule has 1 aliphatic heterocycles. The zero-order chi connectivity index (χ0) is 17.1. The molecule has 0 amide bonds. The van der Waals surface area contributed by atoms with Crippen molar-refractivity contribution in [1.82, 2.24) is 0 Å². The van der Waals surface area contributed by atoms with Gasteiger partial charge in [-0.3, -0.25) is 4.79 Å². The maximum atomic E-state index is 11.9. The SMILES string of the molecule is CC[C@@H](C)C[C@@H](C)C[C@H](C)C[C@H](C)C1=C(C)C(=O)[C@@](C)(O)O1. The van der Waals surface area contributed by atoms with Crippen molar-refractivity contribution < 1.29 is 14.6 Å². The maximum Gasteiger partial charge on any atom is 0.269 e. The van der Waals surface area contributed by atoms with E-state index in [-0.39, 0.29) is 11.7 Å². The number of hydrogen-bond donors (Lipinski definition) is 1. The first-order chi connectivity index (χ1) is 10.1. The average molecular weight is 310 g/mol. The molecule has 0 aromatic carbocycles. The molecule has 128 valence electrons. The van der Waals surface area contributed by atoms with E-state index < -0.39 is 5.79 Å². The number of hydrogen-bond acceptors (Lipinski definition) is 3. The third-order valence-electron chi connectivity index (χ3n) is 4.95. The summed E-state index contributed by atoms with van der Waals surface area (Å²) in [6.07, 6.45) is 4.71. The Hall–Kier alpha value is -0.830. The summed E-state index contributed by atoms with van der Waals surface area (Å²) in [6.45, 7) is 14.4. The van der Waals surface area contributed by atoms with E-state index in [1.54, 1.807) is 6.92 Å². The van der Waals surface area contributed by atoms with Crippen molar-refractivity contribution >= 4 is 5.78 Å². The van der Waals surface area contributed by atoms with Gasteiger partial charge in [0.2, 0.25) is 5.78 Å². The summed E-state index contributed by atoms with van der Waals surface area (Å²) in [5.41, 5.74) is 0.581. The quantitative estimate of drug-likeness (QED) is 0.707. The van der Waals surface area contributed by atoms with Crippen molar-refractivity contribution in [2.45, 2.75) is 79.9 Å². The van der Waals surface area contributed by atoms with Gasteiger partial charge in [0, 0.05) is 18.4 Å². The zero-order valence-electron chi connectivity index (χ0n) is 15.4. The van der Waals surface area contributed by atoms with E-state index in [4.69, 9.17) is 4.74 Å². The lowest BCUT2D eigenvalue weighted by atomic mass is 9.84. The third-order valence-corrected chi connectivity index (χ3v) is 4.95. The van der Waals surface area contributed by atoms with E-state index >= 15 is 0 Å². The van der Waals surface area contributed by atoms with E-state index in [0.717, 1.165) is 18.3 Å². The van der Waals surface area contributed by atoms with Gasteiger partial charge >= 0.3 is 0 Å². The fourth-order valence-corrected chi connectivity index (χ4v) is 3.71. The van der Waals surface area contributed by atoms with Crippen LogP contribution in [0.2, 0.25) is 0 Å². The minimum absolute atomic E-state index is 0.170. The number of ketones is 1. The summed E-state index contributed by atoms with van der Waals surface area (Å²) in [5, 5.41) is 9.95. The molecule has 0 bridgehead atoms. The highest BCUT2D eigenvalue weighted by Gasteiger charge is 2.43. The molecule has 1 rings (SSSR count). The molecule has 0 unspecified atom stereocenters. The van der Waals surface area contributed by atoms with Crippen molar-refractivity contribution in [3.8, 4) is 0 Å². The molecule has 22 heavy (non-hydrogen) atoms. The highest BCUT2D eigenvalue weighted by atomic mass is 16.6. The van der Waals surface area contributed by atoms with Crippen molar-refractivity contribution in [1.29, 1.82) is 0 Å². The molecule has 1 N–H and O–H groups in total. The van der Waals surface area contributed by atoms with Crippen LogP contribution in [-0.2, 0) is 9.53 Å². The van der Waals surface area contributed by atoms with Gasteiger partial charge in [0.1, 0.15) is 5.76 Å². The van der Waals surface area contributed by atoms with Gasteiger partial charge in [-0.2, -0.15) is 0 Å². The minimum atomic E-state index is -1.67. The van der Waals surface area contributed by atoms with Gasteiger partial charge in [0.25, 0.3) is 5.79 Å². The molecule has 0 aliphatic carbocycles. The number of aliphatic hydroxyl groups is 1. The number of ether oxygens (including phenoxy) is 1. The number of allylic oxidation sites excluding steroid dienone is 1. The smallest absolute Gasteiger partial charge is 0.269 e. The summed E-state index contributed by atoms with van der Waals surface area (Å²) >= 11 is 0. The molecule has 0 fully saturated rings. The van der Waals surface area contributed by atoms with Crippen LogP contribution in [0.15, 0.2) is 11.3 Å². The lowest BCUT2D eigenvalue weighted by Gasteiger charge is -2.24. The number of Topliss-reactive ketones (excluding diaryl/α,β-unsaturated/α-hetero) is 1. The topological polar surface area (TPSA) is 46.5 Å². The highest BCUT2D eigenvalue weighted by molar-refractivity contribution is 6.02. The Kier molecular flexibility index (Phi) is 6.66. The zero-order valence-corrected chi connectivity index (χ0v) is 15.4. The van der Waals surface area contributed by atoms with Crippen molar-refractivity contribution in [2.75, 3.05) is 0 Å². The predicted molar refractivity (Wildman–Crippen MR) is 90.2 cm³/mol. The van der Waals surface area contributed by atoms with E-state index in [1.165, 1.54) is 26.2 Å². The molecule has 0 radical (unpaired) electrons. The molecule has 0 saturated heterocycles. The summed E-state index contributed by atoms with van der Waals surface area (Å²) < 4.78 is 5.51. The summed E-state index contributed by atoms with van der Waals surface area (Å²) in [4.78, 5) is 11.9.